The van der Waals surface area contributed by atoms with Gasteiger partial charge in [0.15, 0.2) is 0 Å². The molecule has 1 aromatic heterocycles. The molecule has 158 valence electrons. The van der Waals surface area contributed by atoms with Crippen LogP contribution in [0.25, 0.3) is 10.9 Å². The summed E-state index contributed by atoms with van der Waals surface area (Å²) in [7, 11) is 0. The Morgan fingerprint density at radius 3 is 2.22 bits per heavy atom. The van der Waals surface area contributed by atoms with Gasteiger partial charge < -0.3 is 15.6 Å². The van der Waals surface area contributed by atoms with Gasteiger partial charge >= 0.3 is 0 Å². The molecule has 4 aromatic rings. The molecule has 0 saturated carbocycles. The van der Waals surface area contributed by atoms with Crippen LogP contribution < -0.4 is 10.6 Å². The molecule has 5 nitrogen and oxygen atoms in total. The molecule has 0 bridgehead atoms. The maximum Gasteiger partial charge on any atom is 0.264 e. The Kier molecular flexibility index (Phi) is 6.64. The second kappa shape index (κ2) is 10.1. The Morgan fingerprint density at radius 2 is 1.56 bits per heavy atom. The lowest BCUT2D eigenvalue weighted by Gasteiger charge is -2.19. The highest BCUT2D eigenvalue weighted by molar-refractivity contribution is 5.97. The first kappa shape index (κ1) is 21.0. The van der Waals surface area contributed by atoms with E-state index >= 15 is 0 Å². The quantitative estimate of drug-likeness (QED) is 0.221. The Morgan fingerprint density at radius 1 is 0.938 bits per heavy atom. The Bertz CT molecular complexity index is 1210. The van der Waals surface area contributed by atoms with Crippen LogP contribution in [0.1, 0.15) is 22.7 Å². The van der Waals surface area contributed by atoms with Gasteiger partial charge in [0.25, 0.3) is 5.91 Å². The Hall–Kier alpha value is -4.30. The van der Waals surface area contributed by atoms with Crippen LogP contribution in [-0.2, 0) is 11.2 Å². The summed E-state index contributed by atoms with van der Waals surface area (Å²) < 4.78 is 0. The van der Waals surface area contributed by atoms with Crippen LogP contribution in [0.5, 0.6) is 0 Å². The standard InChI is InChI=1S/C27H24N4O/c28-17-23(18-29-16-15-22-19-30-25-14-8-7-13-24(22)25)27(32)31-26(20-9-3-1-4-10-20)21-11-5-2-6-12-21/h1-14,18-19,26,29-30H,15-16H2,(H,31,32)/b23-18-. The third-order valence-electron chi connectivity index (χ3n) is 5.37. The maximum absolute atomic E-state index is 12.9. The predicted molar refractivity (Wildman–Crippen MR) is 127 cm³/mol. The number of nitriles is 1. The number of fused-ring (bicyclic) bond motifs is 1. The lowest BCUT2D eigenvalue weighted by Crippen LogP contribution is -2.31. The molecule has 4 rings (SSSR count). The molecule has 0 fully saturated rings. The van der Waals surface area contributed by atoms with E-state index in [1.54, 1.807) is 0 Å². The lowest BCUT2D eigenvalue weighted by atomic mass is 9.98. The van der Waals surface area contributed by atoms with Gasteiger partial charge in [0.2, 0.25) is 0 Å². The van der Waals surface area contributed by atoms with E-state index in [4.69, 9.17) is 0 Å². The number of carbonyl (C=O) groups is 1. The highest BCUT2D eigenvalue weighted by Crippen LogP contribution is 2.22. The van der Waals surface area contributed by atoms with Crippen LogP contribution in [0.3, 0.4) is 0 Å². The second-order valence-electron chi connectivity index (χ2n) is 7.46. The van der Waals surface area contributed by atoms with Crippen molar-refractivity contribution >= 4 is 16.8 Å². The third-order valence-corrected chi connectivity index (χ3v) is 5.37. The van der Waals surface area contributed by atoms with E-state index in [0.29, 0.717) is 6.54 Å². The van der Waals surface area contributed by atoms with Crippen molar-refractivity contribution in [3.8, 4) is 6.07 Å². The Labute approximate surface area is 187 Å². The van der Waals surface area contributed by atoms with Crippen molar-refractivity contribution in [2.24, 2.45) is 0 Å². The molecule has 0 radical (unpaired) electrons. The van der Waals surface area contributed by atoms with Gasteiger partial charge in [-0.1, -0.05) is 78.9 Å². The highest BCUT2D eigenvalue weighted by Gasteiger charge is 2.19. The average molecular weight is 421 g/mol. The molecule has 0 saturated heterocycles. The minimum absolute atomic E-state index is 0.0424. The molecule has 0 unspecified atom stereocenters. The van der Waals surface area contributed by atoms with Crippen molar-refractivity contribution in [3.63, 3.8) is 0 Å². The molecule has 0 aliphatic rings. The molecule has 3 aromatic carbocycles. The van der Waals surface area contributed by atoms with E-state index in [1.807, 2.05) is 91.1 Å². The number of rotatable bonds is 8. The summed E-state index contributed by atoms with van der Waals surface area (Å²) in [6.45, 7) is 0.612. The summed E-state index contributed by atoms with van der Waals surface area (Å²) in [6.07, 6.45) is 4.27. The number of amides is 1. The number of para-hydroxylation sites is 1. The summed E-state index contributed by atoms with van der Waals surface area (Å²) in [4.78, 5) is 16.1. The van der Waals surface area contributed by atoms with E-state index in [2.05, 4.69) is 21.7 Å². The summed E-state index contributed by atoms with van der Waals surface area (Å²) in [5.41, 5.74) is 4.25. The van der Waals surface area contributed by atoms with Crippen molar-refractivity contribution in [1.82, 2.24) is 15.6 Å². The largest absolute Gasteiger partial charge is 0.389 e. The van der Waals surface area contributed by atoms with Gasteiger partial charge in [-0.3, -0.25) is 4.79 Å². The monoisotopic (exact) mass is 420 g/mol. The lowest BCUT2D eigenvalue weighted by molar-refractivity contribution is -0.117. The van der Waals surface area contributed by atoms with Gasteiger partial charge in [0, 0.05) is 29.8 Å². The first-order valence-electron chi connectivity index (χ1n) is 10.6. The zero-order valence-electron chi connectivity index (χ0n) is 17.6. The molecule has 0 atom stereocenters. The molecule has 0 spiro atoms. The van der Waals surface area contributed by atoms with Crippen LogP contribution in [-0.4, -0.2) is 17.4 Å². The zero-order chi connectivity index (χ0) is 22.2. The second-order valence-corrected chi connectivity index (χ2v) is 7.46. The molecule has 1 heterocycles. The average Bonchev–Trinajstić information content (AvgIpc) is 3.26. The van der Waals surface area contributed by atoms with Crippen LogP contribution in [0.4, 0.5) is 0 Å². The fourth-order valence-electron chi connectivity index (χ4n) is 3.73. The SMILES string of the molecule is N#C/C(=C/NCCc1c[nH]c2ccccc12)C(=O)NC(c1ccccc1)c1ccccc1. The minimum atomic E-state index is -0.412. The normalized spacial score (nSPS) is 11.3. The number of nitrogens with one attached hydrogen (secondary N) is 3. The van der Waals surface area contributed by atoms with Gasteiger partial charge in [-0.2, -0.15) is 5.26 Å². The smallest absolute Gasteiger partial charge is 0.264 e. The van der Waals surface area contributed by atoms with Crippen LogP contribution in [0.2, 0.25) is 0 Å². The number of carbonyl (C=O) groups excluding carboxylic acids is 1. The van der Waals surface area contributed by atoms with Crippen molar-refractivity contribution < 1.29 is 4.79 Å². The number of nitrogens with zero attached hydrogens (tertiary/aromatic N) is 1. The topological polar surface area (TPSA) is 80.7 Å². The van der Waals surface area contributed by atoms with Gasteiger partial charge in [-0.25, -0.2) is 0 Å². The van der Waals surface area contributed by atoms with E-state index in [9.17, 15) is 10.1 Å². The number of hydrogen-bond donors (Lipinski definition) is 3. The van der Waals surface area contributed by atoms with Gasteiger partial charge in [-0.15, -0.1) is 0 Å². The van der Waals surface area contributed by atoms with Crippen LogP contribution >= 0.6 is 0 Å². The van der Waals surface area contributed by atoms with Gasteiger partial charge in [0.05, 0.1) is 6.04 Å². The van der Waals surface area contributed by atoms with E-state index in [-0.39, 0.29) is 11.6 Å². The molecular formula is C27H24N4O. The molecule has 5 heteroatoms. The highest BCUT2D eigenvalue weighted by atomic mass is 16.1. The minimum Gasteiger partial charge on any atom is -0.389 e. The summed E-state index contributed by atoms with van der Waals surface area (Å²) in [5, 5.41) is 16.9. The zero-order valence-corrected chi connectivity index (χ0v) is 17.6. The van der Waals surface area contributed by atoms with Gasteiger partial charge in [0.1, 0.15) is 11.6 Å². The fourth-order valence-corrected chi connectivity index (χ4v) is 3.73. The molecular weight excluding hydrogens is 396 g/mol. The third kappa shape index (κ3) is 4.88. The van der Waals surface area contributed by atoms with E-state index in [1.165, 1.54) is 17.1 Å². The summed E-state index contributed by atoms with van der Waals surface area (Å²) >= 11 is 0. The Balaban J connectivity index is 1.43. The van der Waals surface area contributed by atoms with E-state index in [0.717, 1.165) is 23.1 Å². The van der Waals surface area contributed by atoms with Crippen molar-refractivity contribution in [3.05, 3.63) is 120 Å². The number of aromatic amines is 1. The maximum atomic E-state index is 12.9. The van der Waals surface area contributed by atoms with Gasteiger partial charge in [-0.05, 0) is 29.2 Å². The summed E-state index contributed by atoms with van der Waals surface area (Å²) in [6, 6.07) is 29.3. The molecule has 1 amide bonds. The number of hydrogen-bond acceptors (Lipinski definition) is 3. The van der Waals surface area contributed by atoms with Crippen LogP contribution in [0, 0.1) is 11.3 Å². The molecule has 3 N–H and O–H groups in total. The number of H-pyrrole nitrogens is 1. The summed E-state index contributed by atoms with van der Waals surface area (Å²) in [5.74, 6) is -0.412. The van der Waals surface area contributed by atoms with Crippen molar-refractivity contribution in [2.75, 3.05) is 6.54 Å². The fraction of sp³-hybridized carbons (Fsp3) is 0.111. The number of benzene rings is 3. The van der Waals surface area contributed by atoms with Crippen molar-refractivity contribution in [2.45, 2.75) is 12.5 Å². The van der Waals surface area contributed by atoms with Crippen LogP contribution in [0.15, 0.2) is 103 Å². The van der Waals surface area contributed by atoms with Crippen molar-refractivity contribution in [1.29, 1.82) is 5.26 Å². The first-order valence-corrected chi connectivity index (χ1v) is 10.6. The number of aromatic nitrogens is 1. The molecule has 0 aliphatic carbocycles. The predicted octanol–water partition coefficient (Wildman–Crippen LogP) is 4.61. The first-order chi connectivity index (χ1) is 15.8. The molecule has 0 aliphatic heterocycles. The molecule has 32 heavy (non-hydrogen) atoms. The van der Waals surface area contributed by atoms with E-state index < -0.39 is 5.91 Å².